The second kappa shape index (κ2) is 6.33. The summed E-state index contributed by atoms with van der Waals surface area (Å²) in [7, 11) is 0. The molecule has 3 rings (SSSR count). The monoisotopic (exact) mass is 348 g/mol. The van der Waals surface area contributed by atoms with E-state index >= 15 is 0 Å². The number of nitrogens with one attached hydrogen (secondary N) is 1. The van der Waals surface area contributed by atoms with Crippen molar-refractivity contribution in [2.24, 2.45) is 0 Å². The van der Waals surface area contributed by atoms with Crippen LogP contribution in [-0.4, -0.2) is 17.3 Å². The fourth-order valence-corrected chi connectivity index (χ4v) is 2.96. The number of hydrogen-bond donors (Lipinski definition) is 1. The second-order valence-electron chi connectivity index (χ2n) is 4.20. The molecule has 0 aliphatic carbocycles. The molecule has 0 aliphatic rings. The molecule has 0 atom stereocenters. The molecule has 0 fully saturated rings. The molecule has 20 heavy (non-hydrogen) atoms. The van der Waals surface area contributed by atoms with Crippen LogP contribution in [0, 0.1) is 0 Å². The van der Waals surface area contributed by atoms with E-state index in [9.17, 15) is 0 Å². The van der Waals surface area contributed by atoms with Crippen LogP contribution in [0.3, 0.4) is 0 Å². The first-order valence-corrected chi connectivity index (χ1v) is 8.07. The van der Waals surface area contributed by atoms with Gasteiger partial charge in [-0.2, -0.15) is 0 Å². The highest BCUT2D eigenvalue weighted by Gasteiger charge is 2.05. The van der Waals surface area contributed by atoms with Crippen LogP contribution in [0.4, 0.5) is 5.69 Å². The number of nitrogens with zero attached hydrogens (tertiary/aromatic N) is 1. The zero-order chi connectivity index (χ0) is 13.8. The number of hydrogen-bond acceptors (Lipinski definition) is 4. The van der Waals surface area contributed by atoms with Crippen LogP contribution < -0.4 is 5.32 Å². The second-order valence-corrected chi connectivity index (χ2v) is 6.10. The number of fused-ring (bicyclic) bond motifs is 1. The Kier molecular flexibility index (Phi) is 4.28. The Bertz CT molecular complexity index is 681. The molecule has 0 unspecified atom stereocenters. The maximum Gasteiger partial charge on any atom is 0.256 e. The van der Waals surface area contributed by atoms with Crippen molar-refractivity contribution in [1.82, 2.24) is 4.98 Å². The molecule has 0 spiro atoms. The lowest BCUT2D eigenvalue weighted by Crippen LogP contribution is -2.04. The van der Waals surface area contributed by atoms with Gasteiger partial charge in [-0.25, -0.2) is 4.98 Å². The Hall–Kier alpha value is -1.46. The molecule has 1 heterocycles. The molecule has 0 aliphatic heterocycles. The van der Waals surface area contributed by atoms with E-state index in [1.54, 1.807) is 11.8 Å². The van der Waals surface area contributed by atoms with E-state index in [0.717, 1.165) is 38.8 Å². The van der Waals surface area contributed by atoms with Crippen molar-refractivity contribution < 1.29 is 4.42 Å². The van der Waals surface area contributed by atoms with Gasteiger partial charge in [-0.3, -0.25) is 0 Å². The Morgan fingerprint density at radius 2 is 1.90 bits per heavy atom. The first kappa shape index (κ1) is 13.5. The summed E-state index contributed by atoms with van der Waals surface area (Å²) >= 11 is 5.13. The summed E-state index contributed by atoms with van der Waals surface area (Å²) in [5.41, 5.74) is 2.85. The van der Waals surface area contributed by atoms with Crippen molar-refractivity contribution in [3.05, 3.63) is 53.0 Å². The molecule has 1 aromatic heterocycles. The molecule has 0 radical (unpaired) electrons. The van der Waals surface area contributed by atoms with Crippen molar-refractivity contribution in [2.75, 3.05) is 17.6 Å². The summed E-state index contributed by atoms with van der Waals surface area (Å²) in [4.78, 5) is 4.43. The molecule has 102 valence electrons. The lowest BCUT2D eigenvalue weighted by atomic mass is 10.3. The van der Waals surface area contributed by atoms with Gasteiger partial charge in [0.05, 0.1) is 0 Å². The van der Waals surface area contributed by atoms with E-state index in [4.69, 9.17) is 4.42 Å². The van der Waals surface area contributed by atoms with Gasteiger partial charge in [-0.1, -0.05) is 36.0 Å². The number of benzene rings is 2. The van der Waals surface area contributed by atoms with E-state index in [1.807, 2.05) is 48.5 Å². The fourth-order valence-electron chi connectivity index (χ4n) is 1.84. The average molecular weight is 349 g/mol. The van der Waals surface area contributed by atoms with Crippen LogP contribution in [0.25, 0.3) is 11.1 Å². The summed E-state index contributed by atoms with van der Waals surface area (Å²) in [5.74, 6) is 0.897. The molecule has 1 N–H and O–H groups in total. The van der Waals surface area contributed by atoms with Crippen LogP contribution in [0.1, 0.15) is 0 Å². The number of aromatic nitrogens is 1. The highest BCUT2D eigenvalue weighted by molar-refractivity contribution is 9.10. The maximum absolute atomic E-state index is 5.66. The average Bonchev–Trinajstić information content (AvgIpc) is 2.88. The van der Waals surface area contributed by atoms with Crippen LogP contribution >= 0.6 is 27.7 Å². The van der Waals surface area contributed by atoms with Crippen LogP contribution in [0.5, 0.6) is 0 Å². The number of oxazole rings is 1. The van der Waals surface area contributed by atoms with Gasteiger partial charge in [0.2, 0.25) is 0 Å². The molecule has 0 bridgehead atoms. The third kappa shape index (κ3) is 3.16. The van der Waals surface area contributed by atoms with E-state index in [1.165, 1.54) is 0 Å². The predicted octanol–water partition coefficient (Wildman–Crippen LogP) is 4.79. The van der Waals surface area contributed by atoms with Crippen molar-refractivity contribution in [3.63, 3.8) is 0 Å². The number of rotatable bonds is 5. The Morgan fingerprint density at radius 1 is 1.10 bits per heavy atom. The summed E-state index contributed by atoms with van der Waals surface area (Å²) in [5, 5.41) is 4.10. The predicted molar refractivity (Wildman–Crippen MR) is 87.4 cm³/mol. The van der Waals surface area contributed by atoms with Crippen LogP contribution in [-0.2, 0) is 0 Å². The van der Waals surface area contributed by atoms with Gasteiger partial charge in [0.15, 0.2) is 5.58 Å². The molecule has 3 aromatic rings. The maximum atomic E-state index is 5.66. The molecule has 0 amide bonds. The third-order valence-electron chi connectivity index (χ3n) is 2.79. The Morgan fingerprint density at radius 3 is 2.75 bits per heavy atom. The van der Waals surface area contributed by atoms with Crippen molar-refractivity contribution in [1.29, 1.82) is 0 Å². The van der Waals surface area contributed by atoms with Crippen molar-refractivity contribution in [3.8, 4) is 0 Å². The normalized spacial score (nSPS) is 10.8. The first-order valence-electron chi connectivity index (χ1n) is 6.30. The van der Waals surface area contributed by atoms with Gasteiger partial charge in [-0.05, 0) is 40.2 Å². The molecule has 5 heteroatoms. The smallest absolute Gasteiger partial charge is 0.256 e. The van der Waals surface area contributed by atoms with Gasteiger partial charge in [-0.15, -0.1) is 0 Å². The minimum atomic E-state index is 0.722. The largest absolute Gasteiger partial charge is 0.431 e. The number of halogens is 1. The molecular formula is C15H13BrN2OS. The van der Waals surface area contributed by atoms with Crippen molar-refractivity contribution >= 4 is 44.5 Å². The zero-order valence-electron chi connectivity index (χ0n) is 10.7. The number of para-hydroxylation sites is 3. The summed E-state index contributed by atoms with van der Waals surface area (Å²) in [6.07, 6.45) is 0. The third-order valence-corrected chi connectivity index (χ3v) is 4.31. The molecule has 0 saturated carbocycles. The summed E-state index contributed by atoms with van der Waals surface area (Å²) < 4.78 is 6.73. The SMILES string of the molecule is Brc1ccccc1NCCSc1nc2ccccc2o1. The van der Waals surface area contributed by atoms with Gasteiger partial charge in [0.1, 0.15) is 5.52 Å². The van der Waals surface area contributed by atoms with Gasteiger partial charge < -0.3 is 9.73 Å². The van der Waals surface area contributed by atoms with E-state index in [-0.39, 0.29) is 0 Å². The highest BCUT2D eigenvalue weighted by atomic mass is 79.9. The minimum absolute atomic E-state index is 0.722. The standard InChI is InChI=1S/C15H13BrN2OS/c16-11-5-1-2-6-12(11)17-9-10-20-15-18-13-7-3-4-8-14(13)19-15/h1-8,17H,9-10H2. The molecule has 2 aromatic carbocycles. The lowest BCUT2D eigenvalue weighted by molar-refractivity contribution is 0.489. The van der Waals surface area contributed by atoms with E-state index in [2.05, 4.69) is 26.2 Å². The van der Waals surface area contributed by atoms with Gasteiger partial charge >= 0.3 is 0 Å². The number of anilines is 1. The summed E-state index contributed by atoms with van der Waals surface area (Å²) in [6, 6.07) is 15.9. The zero-order valence-corrected chi connectivity index (χ0v) is 13.1. The molecule has 0 saturated heterocycles. The van der Waals surface area contributed by atoms with Gasteiger partial charge in [0, 0.05) is 22.5 Å². The summed E-state index contributed by atoms with van der Waals surface area (Å²) in [6.45, 7) is 0.853. The first-order chi connectivity index (χ1) is 9.83. The quantitative estimate of drug-likeness (QED) is 0.531. The number of thioether (sulfide) groups is 1. The van der Waals surface area contributed by atoms with Crippen molar-refractivity contribution in [2.45, 2.75) is 5.22 Å². The molecular weight excluding hydrogens is 336 g/mol. The van der Waals surface area contributed by atoms with Crippen LogP contribution in [0.15, 0.2) is 62.6 Å². The van der Waals surface area contributed by atoms with E-state index in [0.29, 0.717) is 0 Å². The minimum Gasteiger partial charge on any atom is -0.431 e. The topological polar surface area (TPSA) is 38.1 Å². The van der Waals surface area contributed by atoms with Crippen LogP contribution in [0.2, 0.25) is 0 Å². The Labute approximate surface area is 129 Å². The fraction of sp³-hybridized carbons (Fsp3) is 0.133. The van der Waals surface area contributed by atoms with E-state index < -0.39 is 0 Å². The lowest BCUT2D eigenvalue weighted by Gasteiger charge is -2.06. The van der Waals surface area contributed by atoms with Gasteiger partial charge in [0.25, 0.3) is 5.22 Å². The Balaban J connectivity index is 1.54. The molecule has 3 nitrogen and oxygen atoms in total. The highest BCUT2D eigenvalue weighted by Crippen LogP contribution is 2.24.